The Morgan fingerprint density at radius 2 is 1.77 bits per heavy atom. The fourth-order valence-electron chi connectivity index (χ4n) is 3.51. The van der Waals surface area contributed by atoms with Gasteiger partial charge < -0.3 is 19.7 Å². The summed E-state index contributed by atoms with van der Waals surface area (Å²) in [6.07, 6.45) is 1.08. The largest absolute Gasteiger partial charge is 0.465 e. The number of morpholine rings is 1. The molecule has 1 atom stereocenters. The van der Waals surface area contributed by atoms with Crippen molar-refractivity contribution in [2.45, 2.75) is 26.2 Å². The zero-order valence-electron chi connectivity index (χ0n) is 18.0. The number of anilines is 2. The van der Waals surface area contributed by atoms with Crippen molar-refractivity contribution in [3.63, 3.8) is 0 Å². The van der Waals surface area contributed by atoms with Crippen LogP contribution in [0.1, 0.15) is 31.7 Å². The van der Waals surface area contributed by atoms with Crippen molar-refractivity contribution in [2.75, 3.05) is 43.1 Å². The molecule has 0 bridgehead atoms. The molecule has 162 valence electrons. The highest BCUT2D eigenvalue weighted by Gasteiger charge is 2.20. The zero-order valence-corrected chi connectivity index (χ0v) is 18.0. The van der Waals surface area contributed by atoms with Gasteiger partial charge in [0, 0.05) is 18.8 Å². The average Bonchev–Trinajstić information content (AvgIpc) is 2.82. The monoisotopic (exact) mass is 420 g/mol. The lowest BCUT2D eigenvalue weighted by molar-refractivity contribution is -0.118. The van der Waals surface area contributed by atoms with E-state index >= 15 is 0 Å². The van der Waals surface area contributed by atoms with Gasteiger partial charge in [0.2, 0.25) is 0 Å². The molecular weight excluding hydrogens is 392 g/mol. The number of ether oxygens (including phenoxy) is 2. The van der Waals surface area contributed by atoms with Gasteiger partial charge in [0.1, 0.15) is 0 Å². The number of nitrogens with one attached hydrogen (secondary N) is 1. The van der Waals surface area contributed by atoms with Gasteiger partial charge >= 0.3 is 0 Å². The molecule has 7 nitrogen and oxygen atoms in total. The molecule has 3 aromatic rings. The quantitative estimate of drug-likeness (QED) is 0.623. The van der Waals surface area contributed by atoms with Gasteiger partial charge in [-0.2, -0.15) is 0 Å². The third kappa shape index (κ3) is 5.11. The molecule has 1 unspecified atom stereocenters. The average molecular weight is 421 g/mol. The summed E-state index contributed by atoms with van der Waals surface area (Å²) in [7, 11) is 0. The van der Waals surface area contributed by atoms with Crippen LogP contribution in [-0.4, -0.2) is 48.8 Å². The number of fused-ring (bicyclic) bond motifs is 1. The van der Waals surface area contributed by atoms with E-state index in [4.69, 9.17) is 14.5 Å². The summed E-state index contributed by atoms with van der Waals surface area (Å²) in [6, 6.07) is 15.6. The maximum absolute atomic E-state index is 12.5. The number of carbonyl (C=O) groups is 1. The molecular formula is C24H28N4O3. The second-order valence-corrected chi connectivity index (χ2v) is 7.71. The second-order valence-electron chi connectivity index (χ2n) is 7.71. The summed E-state index contributed by atoms with van der Waals surface area (Å²) in [5.41, 5.74) is 3.54. The molecule has 2 heterocycles. The molecule has 0 aliphatic carbocycles. The highest BCUT2D eigenvalue weighted by atomic mass is 16.5. The van der Waals surface area contributed by atoms with Crippen molar-refractivity contribution < 1.29 is 14.3 Å². The van der Waals surface area contributed by atoms with Gasteiger partial charge in [-0.1, -0.05) is 38.1 Å². The molecule has 4 rings (SSSR count). The Morgan fingerprint density at radius 1 is 1.10 bits per heavy atom. The number of amides is 1. The predicted molar refractivity (Wildman–Crippen MR) is 122 cm³/mol. The Labute approximate surface area is 182 Å². The van der Waals surface area contributed by atoms with Gasteiger partial charge in [-0.3, -0.25) is 4.79 Å². The normalized spacial score (nSPS) is 15.0. The number of rotatable bonds is 7. The number of hydrogen-bond acceptors (Lipinski definition) is 6. The van der Waals surface area contributed by atoms with Gasteiger partial charge in [-0.05, 0) is 42.2 Å². The summed E-state index contributed by atoms with van der Waals surface area (Å²) in [5.74, 6) is 1.27. The van der Waals surface area contributed by atoms with Crippen LogP contribution in [0.25, 0.3) is 11.0 Å². The lowest BCUT2D eigenvalue weighted by Crippen LogP contribution is -2.37. The maximum atomic E-state index is 12.5. The minimum atomic E-state index is -0.237. The van der Waals surface area contributed by atoms with Crippen LogP contribution in [0, 0.1) is 0 Å². The van der Waals surface area contributed by atoms with E-state index in [0.29, 0.717) is 43.9 Å². The Hall–Kier alpha value is -3.19. The molecule has 0 radical (unpaired) electrons. The molecule has 1 aliphatic heterocycles. The van der Waals surface area contributed by atoms with Gasteiger partial charge in [0.15, 0.2) is 12.4 Å². The van der Waals surface area contributed by atoms with Crippen molar-refractivity contribution >= 4 is 28.4 Å². The van der Waals surface area contributed by atoms with E-state index in [2.05, 4.69) is 41.2 Å². The van der Waals surface area contributed by atoms with Crippen molar-refractivity contribution in [1.82, 2.24) is 9.97 Å². The molecule has 2 aromatic carbocycles. The summed E-state index contributed by atoms with van der Waals surface area (Å²) >= 11 is 0. The number of para-hydroxylation sites is 2. The van der Waals surface area contributed by atoms with Crippen LogP contribution in [0.3, 0.4) is 0 Å². The first kappa shape index (κ1) is 21.1. The minimum absolute atomic E-state index is 0.141. The fraction of sp³-hybridized carbons (Fsp3) is 0.375. The van der Waals surface area contributed by atoms with Gasteiger partial charge in [0.25, 0.3) is 11.8 Å². The third-order valence-corrected chi connectivity index (χ3v) is 5.55. The smallest absolute Gasteiger partial charge is 0.262 e. The predicted octanol–water partition coefficient (Wildman–Crippen LogP) is 4.00. The number of aromatic nitrogens is 2. The summed E-state index contributed by atoms with van der Waals surface area (Å²) in [5, 5.41) is 2.89. The molecule has 1 amide bonds. The minimum Gasteiger partial charge on any atom is -0.465 e. The SMILES string of the molecule is CCC(C)c1ccc(NC(=O)COc2nc3ccccc3nc2N2CCOCC2)cc1. The van der Waals surface area contributed by atoms with Gasteiger partial charge in [-0.25, -0.2) is 9.97 Å². The van der Waals surface area contributed by atoms with Gasteiger partial charge in [0.05, 0.1) is 24.2 Å². The number of hydrogen-bond donors (Lipinski definition) is 1. The second kappa shape index (κ2) is 9.75. The van der Waals surface area contributed by atoms with Crippen LogP contribution in [0.2, 0.25) is 0 Å². The summed E-state index contributed by atoms with van der Waals surface area (Å²) in [6.45, 7) is 6.88. The van der Waals surface area contributed by atoms with E-state index < -0.39 is 0 Å². The molecule has 0 spiro atoms. The molecule has 1 fully saturated rings. The van der Waals surface area contributed by atoms with Crippen molar-refractivity contribution in [1.29, 1.82) is 0 Å². The van der Waals surface area contributed by atoms with Crippen LogP contribution in [0.15, 0.2) is 48.5 Å². The van der Waals surface area contributed by atoms with Crippen molar-refractivity contribution in [3.05, 3.63) is 54.1 Å². The zero-order chi connectivity index (χ0) is 21.6. The molecule has 31 heavy (non-hydrogen) atoms. The lowest BCUT2D eigenvalue weighted by Gasteiger charge is -2.28. The van der Waals surface area contributed by atoms with Crippen LogP contribution >= 0.6 is 0 Å². The Morgan fingerprint density at radius 3 is 2.45 bits per heavy atom. The Balaban J connectivity index is 1.46. The number of benzene rings is 2. The third-order valence-electron chi connectivity index (χ3n) is 5.55. The summed E-state index contributed by atoms with van der Waals surface area (Å²) in [4.78, 5) is 23.9. The maximum Gasteiger partial charge on any atom is 0.262 e. The van der Waals surface area contributed by atoms with Crippen molar-refractivity contribution in [3.8, 4) is 5.88 Å². The standard InChI is InChI=1S/C24H28N4O3/c1-3-17(2)18-8-10-19(11-9-18)25-22(29)16-31-24-23(28-12-14-30-15-13-28)26-20-6-4-5-7-21(20)27-24/h4-11,17H,3,12-16H2,1-2H3,(H,25,29). The van der Waals surface area contributed by atoms with E-state index in [0.717, 1.165) is 23.1 Å². The molecule has 1 N–H and O–H groups in total. The van der Waals surface area contributed by atoms with Crippen LogP contribution in [-0.2, 0) is 9.53 Å². The van der Waals surface area contributed by atoms with Gasteiger partial charge in [-0.15, -0.1) is 0 Å². The van der Waals surface area contributed by atoms with E-state index in [1.165, 1.54) is 5.56 Å². The Bertz CT molecular complexity index is 1030. The topological polar surface area (TPSA) is 76.6 Å². The van der Waals surface area contributed by atoms with E-state index in [-0.39, 0.29) is 12.5 Å². The van der Waals surface area contributed by atoms with E-state index in [9.17, 15) is 4.79 Å². The molecule has 7 heteroatoms. The first-order valence-electron chi connectivity index (χ1n) is 10.8. The number of carbonyl (C=O) groups excluding carboxylic acids is 1. The van der Waals surface area contributed by atoms with Crippen LogP contribution < -0.4 is 15.0 Å². The molecule has 1 aliphatic rings. The highest BCUT2D eigenvalue weighted by molar-refractivity contribution is 5.92. The summed E-state index contributed by atoms with van der Waals surface area (Å²) < 4.78 is 11.3. The fourth-order valence-corrected chi connectivity index (χ4v) is 3.51. The molecule has 0 saturated carbocycles. The van der Waals surface area contributed by atoms with Crippen molar-refractivity contribution in [2.24, 2.45) is 0 Å². The first-order valence-corrected chi connectivity index (χ1v) is 10.8. The first-order chi connectivity index (χ1) is 15.1. The van der Waals surface area contributed by atoms with Crippen LogP contribution in [0.5, 0.6) is 5.88 Å². The van der Waals surface area contributed by atoms with E-state index in [1.54, 1.807) is 0 Å². The Kier molecular flexibility index (Phi) is 6.62. The number of nitrogens with zero attached hydrogens (tertiary/aromatic N) is 3. The lowest BCUT2D eigenvalue weighted by atomic mass is 9.99. The van der Waals surface area contributed by atoms with E-state index in [1.807, 2.05) is 36.4 Å². The molecule has 1 saturated heterocycles. The van der Waals surface area contributed by atoms with Crippen LogP contribution in [0.4, 0.5) is 11.5 Å². The molecule has 1 aromatic heterocycles. The highest BCUT2D eigenvalue weighted by Crippen LogP contribution is 2.28.